The van der Waals surface area contributed by atoms with Crippen LogP contribution < -0.4 is 4.18 Å². The van der Waals surface area contributed by atoms with Crippen molar-refractivity contribution in [2.75, 3.05) is 0 Å². The van der Waals surface area contributed by atoms with Crippen molar-refractivity contribution in [2.24, 2.45) is 0 Å². The van der Waals surface area contributed by atoms with Crippen LogP contribution >= 0.6 is 0 Å². The Balaban J connectivity index is 1.52. The molecule has 216 valence electrons. The average Bonchev–Trinajstić information content (AvgIpc) is 3.01. The molecular weight excluding hydrogens is 581 g/mol. The molecule has 0 aliphatic heterocycles. The van der Waals surface area contributed by atoms with Gasteiger partial charge in [0, 0.05) is 0 Å². The van der Waals surface area contributed by atoms with Crippen LogP contribution in [0.1, 0.15) is 33.4 Å². The zero-order valence-electron chi connectivity index (χ0n) is 23.1. The maximum Gasteiger partial charge on any atom is 0.534 e. The lowest BCUT2D eigenvalue weighted by Crippen LogP contribution is -2.39. The van der Waals surface area contributed by atoms with Crippen molar-refractivity contribution in [3.05, 3.63) is 161 Å². The number of rotatable bonds is 2. The summed E-state index contributed by atoms with van der Waals surface area (Å²) in [7, 11) is -5.88. The van der Waals surface area contributed by atoms with Crippen LogP contribution in [0.5, 0.6) is 5.75 Å². The molecule has 0 heterocycles. The van der Waals surface area contributed by atoms with Crippen molar-refractivity contribution >= 4 is 20.9 Å². The summed E-state index contributed by atoms with van der Waals surface area (Å²) in [6, 6.07) is 41.3. The molecule has 44 heavy (non-hydrogen) atoms. The summed E-state index contributed by atoms with van der Waals surface area (Å²) < 4.78 is 69.4. The minimum Gasteiger partial charge on any atom is -0.376 e. The van der Waals surface area contributed by atoms with Crippen LogP contribution in [-0.4, -0.2) is 13.9 Å². The molecule has 2 aliphatic carbocycles. The zero-order valence-corrected chi connectivity index (χ0v) is 23.9. The van der Waals surface area contributed by atoms with Gasteiger partial charge in [0.1, 0.15) is 5.75 Å². The molecule has 2 aliphatic rings. The van der Waals surface area contributed by atoms with Gasteiger partial charge in [0.15, 0.2) is 0 Å². The van der Waals surface area contributed by atoms with E-state index in [1.165, 1.54) is 12.1 Å². The summed E-state index contributed by atoms with van der Waals surface area (Å²) >= 11 is 0. The third kappa shape index (κ3) is 3.65. The molecule has 0 fully saturated rings. The van der Waals surface area contributed by atoms with Gasteiger partial charge in [-0.3, -0.25) is 0 Å². The third-order valence-corrected chi connectivity index (χ3v) is 9.88. The zero-order chi connectivity index (χ0) is 30.3. The van der Waals surface area contributed by atoms with Crippen molar-refractivity contribution in [3.63, 3.8) is 0 Å². The molecule has 0 saturated carbocycles. The minimum atomic E-state index is -5.88. The van der Waals surface area contributed by atoms with Crippen LogP contribution in [0.4, 0.5) is 13.2 Å². The van der Waals surface area contributed by atoms with E-state index in [0.29, 0.717) is 17.4 Å². The van der Waals surface area contributed by atoms with E-state index in [1.807, 2.05) is 54.6 Å². The molecule has 0 atom stereocenters. The van der Waals surface area contributed by atoms with E-state index >= 15 is 0 Å². The van der Waals surface area contributed by atoms with Crippen LogP contribution in [-0.2, 0) is 22.0 Å². The van der Waals surface area contributed by atoms with Crippen LogP contribution in [0.2, 0.25) is 0 Å². The van der Waals surface area contributed by atoms with Gasteiger partial charge < -0.3 is 4.18 Å². The van der Waals surface area contributed by atoms with E-state index in [2.05, 4.69) is 54.6 Å². The van der Waals surface area contributed by atoms with E-state index in [0.717, 1.165) is 55.5 Å². The maximum atomic E-state index is 13.4. The number of hydrogen-bond donors (Lipinski definition) is 0. The second-order valence-electron chi connectivity index (χ2n) is 11.2. The van der Waals surface area contributed by atoms with Gasteiger partial charge >= 0.3 is 15.6 Å². The molecule has 3 nitrogen and oxygen atoms in total. The van der Waals surface area contributed by atoms with E-state index in [4.69, 9.17) is 4.18 Å². The molecule has 0 amide bonds. The molecule has 1 spiro atoms. The van der Waals surface area contributed by atoms with Crippen LogP contribution in [0.3, 0.4) is 0 Å². The van der Waals surface area contributed by atoms with E-state index in [1.54, 1.807) is 6.07 Å². The van der Waals surface area contributed by atoms with Gasteiger partial charge in [-0.25, -0.2) is 0 Å². The van der Waals surface area contributed by atoms with Crippen molar-refractivity contribution in [2.45, 2.75) is 17.3 Å². The first-order valence-corrected chi connectivity index (χ1v) is 15.5. The number of hydrogen-bond acceptors (Lipinski definition) is 3. The number of fused-ring (bicyclic) bond motifs is 10. The minimum absolute atomic E-state index is 0.381. The van der Waals surface area contributed by atoms with Crippen molar-refractivity contribution < 1.29 is 25.8 Å². The Hall–Kier alpha value is -4.88. The summed E-state index contributed by atoms with van der Waals surface area (Å²) in [5, 5.41) is 1.47. The fourth-order valence-electron chi connectivity index (χ4n) is 7.21. The lowest BCUT2D eigenvalue weighted by molar-refractivity contribution is -0.0500. The lowest BCUT2D eigenvalue weighted by atomic mass is 9.54. The first-order valence-electron chi connectivity index (χ1n) is 14.1. The molecule has 0 radical (unpaired) electrons. The van der Waals surface area contributed by atoms with Crippen LogP contribution in [0, 0.1) is 0 Å². The molecule has 0 N–H and O–H groups in total. The average molecular weight is 605 g/mol. The van der Waals surface area contributed by atoms with Gasteiger partial charge in [0.2, 0.25) is 0 Å². The SMILES string of the molecule is O=S(=O)(Oc1cc2c3c(cccc3c1)C21c2ccccc2-c2ccccc2Cc2ccccc2-c2ccccc21)C(F)(F)F. The quantitative estimate of drug-likeness (QED) is 0.146. The first-order chi connectivity index (χ1) is 21.2. The smallest absolute Gasteiger partial charge is 0.376 e. The molecule has 8 rings (SSSR count). The van der Waals surface area contributed by atoms with E-state index < -0.39 is 21.0 Å². The highest BCUT2D eigenvalue weighted by Gasteiger charge is 2.52. The molecule has 0 unspecified atom stereocenters. The number of benzene rings is 6. The fraction of sp³-hybridized carbons (Fsp3) is 0.0811. The highest BCUT2D eigenvalue weighted by Crippen LogP contribution is 2.61. The first kappa shape index (κ1) is 26.7. The van der Waals surface area contributed by atoms with Gasteiger partial charge in [0.25, 0.3) is 0 Å². The topological polar surface area (TPSA) is 43.4 Å². The highest BCUT2D eigenvalue weighted by atomic mass is 32.2. The van der Waals surface area contributed by atoms with Gasteiger partial charge in [0.05, 0.1) is 5.41 Å². The molecule has 6 aromatic carbocycles. The van der Waals surface area contributed by atoms with Crippen molar-refractivity contribution in [1.82, 2.24) is 0 Å². The second-order valence-corrected chi connectivity index (χ2v) is 12.7. The molecule has 7 heteroatoms. The molecule has 6 aromatic rings. The standard InChI is InChI=1S/C37H23F3O3S/c38-37(39,40)44(41,42)43-26-21-25-12-9-19-33-35(25)34(22-26)36(33)31-17-7-5-15-29(31)27-13-3-1-10-23(27)20-24-11-2-4-14-28(24)30-16-6-8-18-32(30)36/h1-19,21-22H,20H2. The number of alkyl halides is 3. The Morgan fingerprint density at radius 2 is 1.07 bits per heavy atom. The van der Waals surface area contributed by atoms with Gasteiger partial charge in [-0.15, -0.1) is 0 Å². The normalized spacial score (nSPS) is 14.5. The maximum absolute atomic E-state index is 13.4. The second kappa shape index (κ2) is 9.31. The fourth-order valence-corrected chi connectivity index (χ4v) is 7.65. The largest absolute Gasteiger partial charge is 0.534 e. The molecule has 0 bridgehead atoms. The Labute approximate surface area is 252 Å². The predicted octanol–water partition coefficient (Wildman–Crippen LogP) is 9.00. The summed E-state index contributed by atoms with van der Waals surface area (Å²) in [6.07, 6.45) is 0.710. The van der Waals surface area contributed by atoms with E-state index in [9.17, 15) is 21.6 Å². The van der Waals surface area contributed by atoms with Gasteiger partial charge in [-0.1, -0.05) is 115 Å². The Kier molecular flexibility index (Phi) is 5.65. The molecule has 0 saturated heterocycles. The Morgan fingerprint density at radius 1 is 0.568 bits per heavy atom. The summed E-state index contributed by atoms with van der Waals surface area (Å²) in [6.45, 7) is 0. The van der Waals surface area contributed by atoms with Crippen molar-refractivity contribution in [1.29, 1.82) is 0 Å². The Bertz CT molecular complexity index is 2160. The monoisotopic (exact) mass is 604 g/mol. The Morgan fingerprint density at radius 3 is 1.64 bits per heavy atom. The molecule has 0 aromatic heterocycles. The highest BCUT2D eigenvalue weighted by molar-refractivity contribution is 7.88. The van der Waals surface area contributed by atoms with E-state index in [-0.39, 0.29) is 5.75 Å². The number of halogens is 3. The van der Waals surface area contributed by atoms with Crippen LogP contribution in [0.25, 0.3) is 33.0 Å². The lowest BCUT2D eigenvalue weighted by Gasteiger charge is -2.47. The predicted molar refractivity (Wildman–Crippen MR) is 165 cm³/mol. The molecular formula is C37H23F3O3S. The third-order valence-electron chi connectivity index (χ3n) is 8.91. The summed E-state index contributed by atoms with van der Waals surface area (Å²) in [5.41, 5.74) is 3.48. The van der Waals surface area contributed by atoms with Crippen LogP contribution in [0.15, 0.2) is 127 Å². The van der Waals surface area contributed by atoms with Gasteiger partial charge in [-0.05, 0) is 85.0 Å². The van der Waals surface area contributed by atoms with Gasteiger partial charge in [-0.2, -0.15) is 21.6 Å². The summed E-state index contributed by atoms with van der Waals surface area (Å²) in [5.74, 6) is -0.381. The summed E-state index contributed by atoms with van der Waals surface area (Å²) in [4.78, 5) is 0. The van der Waals surface area contributed by atoms with Crippen molar-refractivity contribution in [3.8, 4) is 28.0 Å².